The van der Waals surface area contributed by atoms with Crippen molar-refractivity contribution in [2.24, 2.45) is 16.1 Å². The molecule has 27 heavy (non-hydrogen) atoms. The van der Waals surface area contributed by atoms with Crippen LogP contribution < -0.4 is 4.90 Å². The molecule has 0 saturated heterocycles. The minimum absolute atomic E-state index is 0.0162. The first-order chi connectivity index (χ1) is 13.0. The fraction of sp³-hybridized carbons (Fsp3) is 0.524. The van der Waals surface area contributed by atoms with E-state index in [-0.39, 0.29) is 23.8 Å². The van der Waals surface area contributed by atoms with Gasteiger partial charge in [0.1, 0.15) is 5.82 Å². The van der Waals surface area contributed by atoms with Gasteiger partial charge in [0.25, 0.3) is 5.91 Å². The molecule has 2 aliphatic carbocycles. The summed E-state index contributed by atoms with van der Waals surface area (Å²) in [6.07, 6.45) is 7.13. The van der Waals surface area contributed by atoms with E-state index in [1.165, 1.54) is 11.0 Å². The van der Waals surface area contributed by atoms with Crippen molar-refractivity contribution in [3.8, 4) is 0 Å². The lowest BCUT2D eigenvalue weighted by atomic mass is 9.84. The van der Waals surface area contributed by atoms with Crippen LogP contribution in [0.1, 0.15) is 50.5 Å². The lowest BCUT2D eigenvalue weighted by Crippen LogP contribution is -2.36. The van der Waals surface area contributed by atoms with Gasteiger partial charge in [0, 0.05) is 25.0 Å². The van der Waals surface area contributed by atoms with Crippen molar-refractivity contribution < 1.29 is 14.0 Å². The lowest BCUT2D eigenvalue weighted by Gasteiger charge is -2.30. The molecule has 1 aromatic rings. The molecule has 4 rings (SSSR count). The topological polar surface area (TPSA) is 62.1 Å². The number of carbonyl (C=O) groups excluding carboxylic acids is 2. The molecule has 1 heterocycles. The second kappa shape index (κ2) is 7.33. The number of anilines is 1. The molecule has 2 amide bonds. The smallest absolute Gasteiger partial charge is 0.291 e. The number of amides is 2. The van der Waals surface area contributed by atoms with E-state index in [4.69, 9.17) is 0 Å². The highest BCUT2D eigenvalue weighted by Crippen LogP contribution is 2.35. The van der Waals surface area contributed by atoms with E-state index < -0.39 is 5.82 Å². The zero-order valence-electron chi connectivity index (χ0n) is 15.6. The van der Waals surface area contributed by atoms with E-state index in [2.05, 4.69) is 10.2 Å². The Kier molecular flexibility index (Phi) is 4.89. The second-order valence-corrected chi connectivity index (χ2v) is 7.76. The fourth-order valence-electron chi connectivity index (χ4n) is 4.17. The average molecular weight is 369 g/mol. The third-order valence-corrected chi connectivity index (χ3v) is 6.04. The third-order valence-electron chi connectivity index (χ3n) is 6.04. The van der Waals surface area contributed by atoms with E-state index >= 15 is 0 Å². The average Bonchev–Trinajstić information content (AvgIpc) is 2.63. The van der Waals surface area contributed by atoms with Crippen LogP contribution in [0.4, 0.5) is 10.1 Å². The Morgan fingerprint density at radius 2 is 2.00 bits per heavy atom. The monoisotopic (exact) mass is 369 g/mol. The number of hydrogen-bond donors (Lipinski definition) is 0. The molecule has 1 atom stereocenters. The first-order valence-corrected chi connectivity index (χ1v) is 9.77. The van der Waals surface area contributed by atoms with Gasteiger partial charge in [0.2, 0.25) is 5.91 Å². The van der Waals surface area contributed by atoms with Gasteiger partial charge in [0.15, 0.2) is 0 Å². The molecule has 1 fully saturated rings. The van der Waals surface area contributed by atoms with Crippen molar-refractivity contribution in [1.29, 1.82) is 0 Å². The number of carbonyl (C=O) groups is 2. The summed E-state index contributed by atoms with van der Waals surface area (Å²) in [5.74, 6) is -0.595. The second-order valence-electron chi connectivity index (χ2n) is 7.76. The highest BCUT2D eigenvalue weighted by Gasteiger charge is 2.31. The Bertz CT molecular complexity index is 842. The Hall–Kier alpha value is -2.37. The van der Waals surface area contributed by atoms with E-state index in [9.17, 15) is 14.0 Å². The van der Waals surface area contributed by atoms with Crippen LogP contribution in [0.3, 0.4) is 0 Å². The van der Waals surface area contributed by atoms with Crippen LogP contribution in [-0.2, 0) is 16.0 Å². The molecular formula is C21H24FN3O2. The van der Waals surface area contributed by atoms with Gasteiger partial charge < -0.3 is 4.90 Å². The number of benzene rings is 1. The maximum absolute atomic E-state index is 14.4. The van der Waals surface area contributed by atoms with Gasteiger partial charge in [-0.1, -0.05) is 12.5 Å². The molecule has 3 aliphatic rings. The molecule has 1 unspecified atom stereocenters. The fourth-order valence-corrected chi connectivity index (χ4v) is 4.17. The third kappa shape index (κ3) is 3.45. The van der Waals surface area contributed by atoms with Crippen molar-refractivity contribution in [1.82, 2.24) is 0 Å². The Morgan fingerprint density at radius 3 is 2.74 bits per heavy atom. The highest BCUT2D eigenvalue weighted by molar-refractivity contribution is 5.96. The van der Waals surface area contributed by atoms with Crippen molar-refractivity contribution in [2.45, 2.75) is 57.4 Å². The summed E-state index contributed by atoms with van der Waals surface area (Å²) in [5, 5.41) is 8.04. The lowest BCUT2D eigenvalue weighted by molar-refractivity contribution is -0.124. The first kappa shape index (κ1) is 18.0. The summed E-state index contributed by atoms with van der Waals surface area (Å²) >= 11 is 0. The SMILES string of the molecule is CN(C(=O)C1CCC1)c1cc(CC2N=NC(=O)C3=C2CCCC3)ccc1F. The molecule has 0 aromatic heterocycles. The maximum Gasteiger partial charge on any atom is 0.291 e. The van der Waals surface area contributed by atoms with Crippen LogP contribution in [0, 0.1) is 11.7 Å². The van der Waals surface area contributed by atoms with Gasteiger partial charge in [-0.05, 0) is 61.8 Å². The zero-order chi connectivity index (χ0) is 19.0. The quantitative estimate of drug-likeness (QED) is 0.791. The normalized spacial score (nSPS) is 22.4. The van der Waals surface area contributed by atoms with E-state index in [0.29, 0.717) is 12.1 Å². The Balaban J connectivity index is 1.56. The van der Waals surface area contributed by atoms with Gasteiger partial charge in [-0.2, -0.15) is 5.11 Å². The molecule has 1 aromatic carbocycles. The Labute approximate surface area is 158 Å². The van der Waals surface area contributed by atoms with Gasteiger partial charge in [-0.15, -0.1) is 5.11 Å². The molecular weight excluding hydrogens is 345 g/mol. The Morgan fingerprint density at radius 1 is 1.22 bits per heavy atom. The molecule has 0 radical (unpaired) electrons. The molecule has 0 N–H and O–H groups in total. The van der Waals surface area contributed by atoms with Crippen molar-refractivity contribution in [3.63, 3.8) is 0 Å². The number of azo groups is 1. The van der Waals surface area contributed by atoms with Crippen LogP contribution in [0.15, 0.2) is 39.6 Å². The van der Waals surface area contributed by atoms with Crippen LogP contribution in [0.25, 0.3) is 0 Å². The van der Waals surface area contributed by atoms with E-state index in [1.807, 2.05) is 0 Å². The highest BCUT2D eigenvalue weighted by atomic mass is 19.1. The van der Waals surface area contributed by atoms with Crippen molar-refractivity contribution in [3.05, 3.63) is 40.7 Å². The first-order valence-electron chi connectivity index (χ1n) is 9.77. The molecule has 0 spiro atoms. The minimum atomic E-state index is -0.396. The number of rotatable bonds is 4. The molecule has 142 valence electrons. The predicted octanol–water partition coefficient (Wildman–Crippen LogP) is 4.36. The van der Waals surface area contributed by atoms with Crippen LogP contribution in [0.2, 0.25) is 0 Å². The van der Waals surface area contributed by atoms with E-state index in [1.54, 1.807) is 19.2 Å². The standard InChI is InChI=1S/C21H24FN3O2/c1-25(21(27)14-5-4-6-14)19-12-13(9-10-17(19)22)11-18-15-7-2-3-8-16(15)20(26)24-23-18/h9-10,12,14,18H,2-8,11H2,1H3. The van der Waals surface area contributed by atoms with E-state index in [0.717, 1.165) is 61.7 Å². The van der Waals surface area contributed by atoms with Gasteiger partial charge >= 0.3 is 0 Å². The minimum Gasteiger partial charge on any atom is -0.313 e. The number of halogens is 1. The summed E-state index contributed by atoms with van der Waals surface area (Å²) in [6.45, 7) is 0. The van der Waals surface area contributed by atoms with Gasteiger partial charge in [0.05, 0.1) is 11.7 Å². The van der Waals surface area contributed by atoms with Crippen LogP contribution in [-0.4, -0.2) is 24.9 Å². The molecule has 0 bridgehead atoms. The summed E-state index contributed by atoms with van der Waals surface area (Å²) < 4.78 is 14.4. The van der Waals surface area contributed by atoms with Gasteiger partial charge in [-0.25, -0.2) is 4.39 Å². The van der Waals surface area contributed by atoms with Crippen LogP contribution in [0.5, 0.6) is 0 Å². The van der Waals surface area contributed by atoms with Crippen molar-refractivity contribution >= 4 is 17.5 Å². The summed E-state index contributed by atoms with van der Waals surface area (Å²) in [5.41, 5.74) is 3.12. The summed E-state index contributed by atoms with van der Waals surface area (Å²) in [6, 6.07) is 4.72. The molecule has 1 saturated carbocycles. The number of hydrogen-bond acceptors (Lipinski definition) is 3. The molecule has 5 nitrogen and oxygen atoms in total. The van der Waals surface area contributed by atoms with Crippen molar-refractivity contribution in [2.75, 3.05) is 11.9 Å². The van der Waals surface area contributed by atoms with Gasteiger partial charge in [-0.3, -0.25) is 9.59 Å². The molecule has 1 aliphatic heterocycles. The number of nitrogens with zero attached hydrogens (tertiary/aromatic N) is 3. The largest absolute Gasteiger partial charge is 0.313 e. The summed E-state index contributed by atoms with van der Waals surface area (Å²) in [4.78, 5) is 25.9. The predicted molar refractivity (Wildman–Crippen MR) is 100 cm³/mol. The zero-order valence-corrected chi connectivity index (χ0v) is 15.6. The maximum atomic E-state index is 14.4. The van der Waals surface area contributed by atoms with Crippen LogP contribution >= 0.6 is 0 Å². The molecule has 6 heteroatoms. The summed E-state index contributed by atoms with van der Waals surface area (Å²) in [7, 11) is 1.64.